The van der Waals surface area contributed by atoms with Crippen LogP contribution in [0.15, 0.2) is 0 Å². The summed E-state index contributed by atoms with van der Waals surface area (Å²) in [6.45, 7) is 5.28. The molecule has 0 radical (unpaired) electrons. The summed E-state index contributed by atoms with van der Waals surface area (Å²) in [6.07, 6.45) is 3.37. The van der Waals surface area contributed by atoms with Gasteiger partial charge in [0.1, 0.15) is 18.0 Å². The second-order valence-corrected chi connectivity index (χ2v) is 8.79. The second kappa shape index (κ2) is 5.12. The molecule has 138 valence electrons. The standard InChI is InChI=1S/C19H26O6/c1-17-9-12-15-16(11(17)3-4-13(17)20)22-10-14(21)19(15,25-12)6-5-18(2)23-7-8-24-18/h11-12,15-16H,3-10H2,1-2H3. The van der Waals surface area contributed by atoms with Gasteiger partial charge in [-0.3, -0.25) is 9.59 Å². The molecule has 6 heteroatoms. The summed E-state index contributed by atoms with van der Waals surface area (Å²) >= 11 is 0. The largest absolute Gasteiger partial charge is 0.369 e. The molecule has 0 N–H and O–H groups in total. The zero-order chi connectivity index (χ0) is 17.4. The molecule has 3 aliphatic heterocycles. The van der Waals surface area contributed by atoms with Crippen LogP contribution in [0.4, 0.5) is 0 Å². The maximum Gasteiger partial charge on any atom is 0.190 e. The van der Waals surface area contributed by atoms with E-state index in [0.717, 1.165) is 12.8 Å². The predicted molar refractivity (Wildman–Crippen MR) is 85.8 cm³/mol. The number of fused-ring (bicyclic) bond motifs is 2. The van der Waals surface area contributed by atoms with Crippen LogP contribution in [0, 0.1) is 17.3 Å². The van der Waals surface area contributed by atoms with Crippen molar-refractivity contribution >= 4 is 11.6 Å². The van der Waals surface area contributed by atoms with E-state index >= 15 is 0 Å². The minimum atomic E-state index is -0.765. The lowest BCUT2D eigenvalue weighted by atomic mass is 9.54. The van der Waals surface area contributed by atoms with Crippen molar-refractivity contribution in [3.63, 3.8) is 0 Å². The molecule has 0 bridgehead atoms. The third-order valence-electron chi connectivity index (χ3n) is 7.54. The predicted octanol–water partition coefficient (Wildman–Crippen LogP) is 1.64. The zero-order valence-corrected chi connectivity index (χ0v) is 14.9. The van der Waals surface area contributed by atoms with E-state index in [9.17, 15) is 9.59 Å². The number of ketones is 2. The lowest BCUT2D eigenvalue weighted by Gasteiger charge is -2.65. The van der Waals surface area contributed by atoms with Crippen LogP contribution < -0.4 is 0 Å². The quantitative estimate of drug-likeness (QED) is 0.771. The minimum absolute atomic E-state index is 0.0412. The number of carbonyl (C=O) groups excluding carboxylic acids is 2. The summed E-state index contributed by atoms with van der Waals surface area (Å²) in [6, 6.07) is 0. The monoisotopic (exact) mass is 350 g/mol. The molecule has 2 aliphatic carbocycles. The molecule has 6 atom stereocenters. The van der Waals surface area contributed by atoms with Gasteiger partial charge in [0, 0.05) is 24.2 Å². The van der Waals surface area contributed by atoms with E-state index < -0.39 is 11.4 Å². The Kier molecular flexibility index (Phi) is 3.35. The first-order valence-electron chi connectivity index (χ1n) is 9.52. The number of hydrogen-bond donors (Lipinski definition) is 0. The highest BCUT2D eigenvalue weighted by atomic mass is 16.7. The molecule has 3 heterocycles. The van der Waals surface area contributed by atoms with E-state index in [1.807, 2.05) is 6.92 Å². The van der Waals surface area contributed by atoms with Crippen LogP contribution in [-0.4, -0.2) is 55.0 Å². The molecule has 0 aromatic rings. The Balaban J connectivity index is 1.41. The van der Waals surface area contributed by atoms with Gasteiger partial charge in [-0.05, 0) is 32.1 Å². The van der Waals surface area contributed by atoms with Gasteiger partial charge < -0.3 is 18.9 Å². The van der Waals surface area contributed by atoms with Crippen molar-refractivity contribution in [1.29, 1.82) is 0 Å². The Morgan fingerprint density at radius 2 is 1.84 bits per heavy atom. The molecule has 5 aliphatic rings. The molecule has 0 aromatic heterocycles. The molecule has 6 nitrogen and oxygen atoms in total. The molecular formula is C19H26O6. The molecule has 0 aromatic carbocycles. The summed E-state index contributed by atoms with van der Waals surface area (Å²) in [5.41, 5.74) is -1.11. The summed E-state index contributed by atoms with van der Waals surface area (Å²) in [4.78, 5) is 25.2. The molecule has 0 spiro atoms. The van der Waals surface area contributed by atoms with E-state index in [0.29, 0.717) is 38.3 Å². The number of rotatable bonds is 3. The van der Waals surface area contributed by atoms with Gasteiger partial charge in [-0.25, -0.2) is 0 Å². The van der Waals surface area contributed by atoms with Crippen molar-refractivity contribution in [2.45, 2.75) is 69.5 Å². The summed E-state index contributed by atoms with van der Waals surface area (Å²) in [5.74, 6) is 0.0383. The van der Waals surface area contributed by atoms with Gasteiger partial charge in [-0.2, -0.15) is 0 Å². The Hall–Kier alpha value is -0.820. The van der Waals surface area contributed by atoms with E-state index in [2.05, 4.69) is 6.92 Å². The molecule has 3 saturated heterocycles. The normalized spacial score (nSPS) is 50.3. The van der Waals surface area contributed by atoms with Gasteiger partial charge in [0.15, 0.2) is 11.6 Å². The van der Waals surface area contributed by atoms with Gasteiger partial charge in [0.05, 0.1) is 25.4 Å². The number of carbonyl (C=O) groups is 2. The highest BCUT2D eigenvalue weighted by molar-refractivity contribution is 5.92. The Morgan fingerprint density at radius 3 is 2.60 bits per heavy atom. The van der Waals surface area contributed by atoms with Crippen LogP contribution in [0.25, 0.3) is 0 Å². The van der Waals surface area contributed by atoms with Crippen LogP contribution in [0.3, 0.4) is 0 Å². The SMILES string of the molecule is CC1(CCC23OC4CC5(C)C(=O)CCC5C(OCC2=O)C43)OCCO1. The molecule has 6 unspecified atom stereocenters. The van der Waals surface area contributed by atoms with Gasteiger partial charge in [0.2, 0.25) is 0 Å². The molecular weight excluding hydrogens is 324 g/mol. The second-order valence-electron chi connectivity index (χ2n) is 8.79. The van der Waals surface area contributed by atoms with Crippen molar-refractivity contribution in [2.24, 2.45) is 17.3 Å². The third-order valence-corrected chi connectivity index (χ3v) is 7.54. The first kappa shape index (κ1) is 16.4. The topological polar surface area (TPSA) is 71.1 Å². The smallest absolute Gasteiger partial charge is 0.190 e. The van der Waals surface area contributed by atoms with Crippen molar-refractivity contribution in [3.05, 3.63) is 0 Å². The van der Waals surface area contributed by atoms with E-state index in [1.165, 1.54) is 0 Å². The van der Waals surface area contributed by atoms with Crippen LogP contribution in [0.1, 0.15) is 46.0 Å². The van der Waals surface area contributed by atoms with Crippen LogP contribution in [0.2, 0.25) is 0 Å². The summed E-state index contributed by atoms with van der Waals surface area (Å²) in [7, 11) is 0. The number of Topliss-reactive ketones (excluding diaryl/α,β-unsaturated/α-hetero) is 2. The van der Waals surface area contributed by atoms with Crippen molar-refractivity contribution in [1.82, 2.24) is 0 Å². The fourth-order valence-corrected chi connectivity index (χ4v) is 6.10. The van der Waals surface area contributed by atoms with Crippen molar-refractivity contribution < 1.29 is 28.5 Å². The fraction of sp³-hybridized carbons (Fsp3) is 0.895. The Bertz CT molecular complexity index is 625. The molecule has 2 saturated carbocycles. The van der Waals surface area contributed by atoms with E-state index in [1.54, 1.807) is 0 Å². The first-order valence-corrected chi connectivity index (χ1v) is 9.52. The fourth-order valence-electron chi connectivity index (χ4n) is 6.10. The van der Waals surface area contributed by atoms with Crippen molar-refractivity contribution in [3.8, 4) is 0 Å². The van der Waals surface area contributed by atoms with Gasteiger partial charge in [0.25, 0.3) is 0 Å². The van der Waals surface area contributed by atoms with Gasteiger partial charge >= 0.3 is 0 Å². The van der Waals surface area contributed by atoms with E-state index in [4.69, 9.17) is 18.9 Å². The van der Waals surface area contributed by atoms with Gasteiger partial charge in [-0.1, -0.05) is 6.92 Å². The highest BCUT2D eigenvalue weighted by Crippen LogP contribution is 2.62. The van der Waals surface area contributed by atoms with Gasteiger partial charge in [-0.15, -0.1) is 0 Å². The lowest BCUT2D eigenvalue weighted by molar-refractivity contribution is -0.333. The average Bonchev–Trinajstić information content (AvgIpc) is 3.11. The Morgan fingerprint density at radius 1 is 1.08 bits per heavy atom. The van der Waals surface area contributed by atoms with Crippen LogP contribution >= 0.6 is 0 Å². The molecule has 0 amide bonds. The number of ether oxygens (including phenoxy) is 4. The summed E-state index contributed by atoms with van der Waals surface area (Å²) in [5, 5.41) is 0. The zero-order valence-electron chi connectivity index (χ0n) is 14.9. The molecule has 5 rings (SSSR count). The average molecular weight is 350 g/mol. The minimum Gasteiger partial charge on any atom is -0.369 e. The third kappa shape index (κ3) is 2.05. The van der Waals surface area contributed by atoms with E-state index in [-0.39, 0.29) is 41.8 Å². The number of hydrogen-bond acceptors (Lipinski definition) is 6. The first-order chi connectivity index (χ1) is 11.9. The lowest BCUT2D eigenvalue weighted by Crippen LogP contribution is -2.76. The molecule has 5 fully saturated rings. The highest BCUT2D eigenvalue weighted by Gasteiger charge is 2.72. The van der Waals surface area contributed by atoms with Crippen LogP contribution in [0.5, 0.6) is 0 Å². The van der Waals surface area contributed by atoms with Crippen LogP contribution in [-0.2, 0) is 28.5 Å². The maximum absolute atomic E-state index is 12.8. The molecule has 25 heavy (non-hydrogen) atoms. The maximum atomic E-state index is 12.8. The Labute approximate surface area is 147 Å². The summed E-state index contributed by atoms with van der Waals surface area (Å²) < 4.78 is 23.6. The van der Waals surface area contributed by atoms with Crippen molar-refractivity contribution in [2.75, 3.05) is 19.8 Å².